The first-order chi connectivity index (χ1) is 12.4. The molecule has 0 unspecified atom stereocenters. The molecule has 0 spiro atoms. The normalized spacial score (nSPS) is 26.7. The van der Waals surface area contributed by atoms with Gasteiger partial charge in [0.1, 0.15) is 5.82 Å². The molecule has 3 nitrogen and oxygen atoms in total. The number of nitrogens with zero attached hydrogens (tertiary/aromatic N) is 1. The van der Waals surface area contributed by atoms with E-state index < -0.39 is 8.32 Å². The van der Waals surface area contributed by atoms with Crippen LogP contribution >= 0.6 is 0 Å². The molecule has 2 aliphatic rings. The second-order valence-corrected chi connectivity index (χ2v) is 12.7. The quantitative estimate of drug-likeness (QED) is 0.619. The molecule has 3 rings (SSSR count). The second-order valence-electron chi connectivity index (χ2n) is 8.49. The number of benzene rings is 1. The largest absolute Gasteiger partial charge is 0.414 e. The first kappa shape index (κ1) is 19.6. The summed E-state index contributed by atoms with van der Waals surface area (Å²) in [5.74, 6) is 0.0171. The van der Waals surface area contributed by atoms with Gasteiger partial charge in [-0.05, 0) is 62.5 Å². The molecule has 1 aromatic rings. The summed E-state index contributed by atoms with van der Waals surface area (Å²) in [6.07, 6.45) is 7.07. The summed E-state index contributed by atoms with van der Waals surface area (Å²) in [5, 5.41) is 0. The Morgan fingerprint density at radius 3 is 2.65 bits per heavy atom. The zero-order valence-corrected chi connectivity index (χ0v) is 17.3. The van der Waals surface area contributed by atoms with E-state index in [0.717, 1.165) is 31.2 Å². The fourth-order valence-corrected chi connectivity index (χ4v) is 6.99. The van der Waals surface area contributed by atoms with Crippen LogP contribution in [0.2, 0.25) is 19.1 Å². The third-order valence-corrected chi connectivity index (χ3v) is 8.37. The van der Waals surface area contributed by atoms with Gasteiger partial charge in [0.05, 0.1) is 6.04 Å². The van der Waals surface area contributed by atoms with Crippen LogP contribution in [0.5, 0.6) is 0 Å². The number of hydrogen-bond acceptors (Lipinski definition) is 2. The molecule has 0 aromatic heterocycles. The zero-order chi connectivity index (χ0) is 18.7. The van der Waals surface area contributed by atoms with Crippen LogP contribution in [0.15, 0.2) is 24.3 Å². The lowest BCUT2D eigenvalue weighted by molar-refractivity contribution is -0.144. The van der Waals surface area contributed by atoms with E-state index in [1.54, 1.807) is 0 Å². The molecule has 0 radical (unpaired) electrons. The minimum Gasteiger partial charge on any atom is -0.414 e. The van der Waals surface area contributed by atoms with Gasteiger partial charge in [0.25, 0.3) is 0 Å². The molecular weight excluding hydrogens is 345 g/mol. The van der Waals surface area contributed by atoms with Crippen LogP contribution in [0.4, 0.5) is 4.39 Å². The molecule has 144 valence electrons. The smallest absolute Gasteiger partial charge is 0.223 e. The Morgan fingerprint density at radius 2 is 1.96 bits per heavy atom. The third-order valence-electron chi connectivity index (χ3n) is 5.84. The summed E-state index contributed by atoms with van der Waals surface area (Å²) < 4.78 is 20.0. The van der Waals surface area contributed by atoms with E-state index in [1.807, 2.05) is 12.1 Å². The van der Waals surface area contributed by atoms with E-state index in [-0.39, 0.29) is 29.9 Å². The molecular formula is C21H32FNO2Si. The number of rotatable bonds is 6. The summed E-state index contributed by atoms with van der Waals surface area (Å²) >= 11 is 0. The number of piperidine rings is 2. The van der Waals surface area contributed by atoms with Crippen LogP contribution in [-0.4, -0.2) is 31.3 Å². The van der Waals surface area contributed by atoms with Crippen LogP contribution in [-0.2, 0) is 9.22 Å². The maximum Gasteiger partial charge on any atom is 0.223 e. The van der Waals surface area contributed by atoms with Gasteiger partial charge < -0.3 is 9.33 Å². The van der Waals surface area contributed by atoms with E-state index in [0.29, 0.717) is 6.42 Å². The Labute approximate surface area is 158 Å². The van der Waals surface area contributed by atoms with E-state index in [1.165, 1.54) is 31.0 Å². The Bertz CT molecular complexity index is 619. The van der Waals surface area contributed by atoms with Gasteiger partial charge in [-0.1, -0.05) is 31.9 Å². The van der Waals surface area contributed by atoms with Gasteiger partial charge in [-0.3, -0.25) is 4.79 Å². The number of amides is 1. The molecule has 1 aromatic carbocycles. The SMILES string of the molecule is CCCC[Si](C)(C)O[C@H]1C[C@H]2CCCC(=O)N2[C@H](c2ccc(F)cc2)C1. The number of unbranched alkanes of at least 4 members (excludes halogenated alkanes) is 1. The van der Waals surface area contributed by atoms with Crippen molar-refractivity contribution in [2.75, 3.05) is 0 Å². The van der Waals surface area contributed by atoms with Crippen molar-refractivity contribution in [3.63, 3.8) is 0 Å². The highest BCUT2D eigenvalue weighted by Crippen LogP contribution is 2.41. The van der Waals surface area contributed by atoms with Crippen molar-refractivity contribution in [2.24, 2.45) is 0 Å². The van der Waals surface area contributed by atoms with Gasteiger partial charge in [-0.15, -0.1) is 0 Å². The predicted octanol–water partition coefficient (Wildman–Crippen LogP) is 5.43. The maximum atomic E-state index is 13.4. The minimum absolute atomic E-state index is 0.0168. The molecule has 26 heavy (non-hydrogen) atoms. The Balaban J connectivity index is 1.80. The van der Waals surface area contributed by atoms with Crippen LogP contribution < -0.4 is 0 Å². The summed E-state index contributed by atoms with van der Waals surface area (Å²) in [7, 11) is -1.69. The van der Waals surface area contributed by atoms with Crippen LogP contribution in [0.1, 0.15) is 63.5 Å². The molecule has 0 aliphatic carbocycles. The third kappa shape index (κ3) is 4.55. The Hall–Kier alpha value is -1.20. The van der Waals surface area contributed by atoms with Gasteiger partial charge >= 0.3 is 0 Å². The molecule has 2 saturated heterocycles. The number of fused-ring (bicyclic) bond motifs is 1. The number of hydrogen-bond donors (Lipinski definition) is 0. The summed E-state index contributed by atoms with van der Waals surface area (Å²) in [4.78, 5) is 14.7. The molecule has 0 saturated carbocycles. The topological polar surface area (TPSA) is 29.5 Å². The lowest BCUT2D eigenvalue weighted by Crippen LogP contribution is -2.53. The fraction of sp³-hybridized carbons (Fsp3) is 0.667. The van der Waals surface area contributed by atoms with Gasteiger partial charge in [0.2, 0.25) is 5.91 Å². The van der Waals surface area contributed by atoms with Gasteiger partial charge in [0, 0.05) is 18.6 Å². The number of halogens is 1. The highest BCUT2D eigenvalue weighted by molar-refractivity contribution is 6.71. The molecule has 1 amide bonds. The van der Waals surface area contributed by atoms with E-state index in [2.05, 4.69) is 24.9 Å². The van der Waals surface area contributed by atoms with Crippen molar-refractivity contribution in [3.05, 3.63) is 35.6 Å². The summed E-state index contributed by atoms with van der Waals surface area (Å²) in [6, 6.07) is 8.15. The highest BCUT2D eigenvalue weighted by atomic mass is 28.4. The van der Waals surface area contributed by atoms with E-state index in [4.69, 9.17) is 4.43 Å². The molecule has 2 aliphatic heterocycles. The van der Waals surface area contributed by atoms with Crippen LogP contribution in [0.25, 0.3) is 0 Å². The lowest BCUT2D eigenvalue weighted by Gasteiger charge is -2.49. The predicted molar refractivity (Wildman–Crippen MR) is 105 cm³/mol. The van der Waals surface area contributed by atoms with Crippen molar-refractivity contribution in [1.82, 2.24) is 4.90 Å². The number of carbonyl (C=O) groups excluding carboxylic acids is 1. The van der Waals surface area contributed by atoms with Gasteiger partial charge in [0.15, 0.2) is 8.32 Å². The highest BCUT2D eigenvalue weighted by Gasteiger charge is 2.42. The molecule has 5 heteroatoms. The average Bonchev–Trinajstić information content (AvgIpc) is 2.60. The molecule has 0 bridgehead atoms. The first-order valence-electron chi connectivity index (χ1n) is 10.1. The van der Waals surface area contributed by atoms with Crippen molar-refractivity contribution >= 4 is 14.2 Å². The first-order valence-corrected chi connectivity index (χ1v) is 13.3. The second kappa shape index (κ2) is 8.22. The Kier molecular flexibility index (Phi) is 6.18. The Morgan fingerprint density at radius 1 is 1.23 bits per heavy atom. The minimum atomic E-state index is -1.69. The maximum absolute atomic E-state index is 13.4. The van der Waals surface area contributed by atoms with Crippen molar-refractivity contribution in [2.45, 2.75) is 89.2 Å². The van der Waals surface area contributed by atoms with Gasteiger partial charge in [-0.25, -0.2) is 4.39 Å². The fourth-order valence-electron chi connectivity index (χ4n) is 4.57. The van der Waals surface area contributed by atoms with Gasteiger partial charge in [-0.2, -0.15) is 0 Å². The molecule has 2 heterocycles. The zero-order valence-electron chi connectivity index (χ0n) is 16.3. The van der Waals surface area contributed by atoms with E-state index in [9.17, 15) is 9.18 Å². The van der Waals surface area contributed by atoms with Crippen molar-refractivity contribution in [1.29, 1.82) is 0 Å². The van der Waals surface area contributed by atoms with Crippen molar-refractivity contribution in [3.8, 4) is 0 Å². The van der Waals surface area contributed by atoms with Crippen molar-refractivity contribution < 1.29 is 13.6 Å². The number of carbonyl (C=O) groups is 1. The summed E-state index contributed by atoms with van der Waals surface area (Å²) in [5.41, 5.74) is 1.04. The standard InChI is InChI=1S/C21H32FNO2Si/c1-4-5-13-26(2,3)25-19-14-18-7-6-8-21(24)23(18)20(15-19)16-9-11-17(22)12-10-16/h9-12,18-20H,4-8,13-15H2,1-3H3/t18-,19+,20+/m1/s1. The molecule has 3 atom stereocenters. The lowest BCUT2D eigenvalue weighted by atomic mass is 9.84. The molecule has 0 N–H and O–H groups in total. The monoisotopic (exact) mass is 377 g/mol. The molecule has 2 fully saturated rings. The average molecular weight is 378 g/mol. The summed E-state index contributed by atoms with van der Waals surface area (Å²) in [6.45, 7) is 6.85. The van der Waals surface area contributed by atoms with Crippen LogP contribution in [0.3, 0.4) is 0 Å². The van der Waals surface area contributed by atoms with E-state index >= 15 is 0 Å². The van der Waals surface area contributed by atoms with Crippen LogP contribution in [0, 0.1) is 5.82 Å².